The molecule has 34 heavy (non-hydrogen) atoms. The molecule has 3 rings (SSSR count). The number of anilines is 1. The van der Waals surface area contributed by atoms with Gasteiger partial charge in [0.05, 0.1) is 22.9 Å². The Labute approximate surface area is 208 Å². The molecule has 0 aliphatic carbocycles. The summed E-state index contributed by atoms with van der Waals surface area (Å²) in [5.41, 5.74) is 5.15. The average molecular weight is 544 g/mol. The van der Waals surface area contributed by atoms with E-state index in [9.17, 15) is 13.2 Å². The van der Waals surface area contributed by atoms with Crippen LogP contribution in [0.15, 0.2) is 87.3 Å². The first kappa shape index (κ1) is 25.5. The topological polar surface area (TPSA) is 88.1 Å². The van der Waals surface area contributed by atoms with Crippen LogP contribution in [0.4, 0.5) is 5.69 Å². The van der Waals surface area contributed by atoms with Gasteiger partial charge in [0.25, 0.3) is 15.9 Å². The number of hydrogen-bond donors (Lipinski definition) is 1. The maximum atomic E-state index is 13.5. The third kappa shape index (κ3) is 6.45. The second-order valence-corrected chi connectivity index (χ2v) is 10.3. The highest BCUT2D eigenvalue weighted by Gasteiger charge is 2.27. The molecule has 1 N–H and O–H groups in total. The molecule has 0 saturated carbocycles. The first-order valence-electron chi connectivity index (χ1n) is 10.6. The van der Waals surface area contributed by atoms with E-state index in [1.54, 1.807) is 43.3 Å². The van der Waals surface area contributed by atoms with E-state index in [2.05, 4.69) is 26.5 Å². The molecule has 1 amide bonds. The Bertz CT molecular complexity index is 1270. The zero-order valence-electron chi connectivity index (χ0n) is 19.2. The summed E-state index contributed by atoms with van der Waals surface area (Å²) >= 11 is 3.41. The zero-order valence-corrected chi connectivity index (χ0v) is 21.6. The van der Waals surface area contributed by atoms with E-state index in [0.717, 1.165) is 19.9 Å². The second kappa shape index (κ2) is 11.3. The van der Waals surface area contributed by atoms with Gasteiger partial charge in [0.2, 0.25) is 0 Å². The summed E-state index contributed by atoms with van der Waals surface area (Å²) < 4.78 is 34.3. The molecule has 3 aromatic carbocycles. The van der Waals surface area contributed by atoms with Crippen LogP contribution in [-0.4, -0.2) is 33.2 Å². The monoisotopic (exact) mass is 543 g/mol. The van der Waals surface area contributed by atoms with Gasteiger partial charge in [-0.25, -0.2) is 13.8 Å². The maximum absolute atomic E-state index is 13.5. The van der Waals surface area contributed by atoms with Crippen LogP contribution in [0.1, 0.15) is 25.0 Å². The number of amides is 1. The molecule has 3 aromatic rings. The highest BCUT2D eigenvalue weighted by molar-refractivity contribution is 9.10. The number of halogens is 1. The fourth-order valence-corrected chi connectivity index (χ4v) is 4.94. The molecule has 0 unspecified atom stereocenters. The third-order valence-electron chi connectivity index (χ3n) is 4.92. The molecule has 0 atom stereocenters. The number of ether oxygens (including phenoxy) is 1. The van der Waals surface area contributed by atoms with Crippen LogP contribution in [0.3, 0.4) is 0 Å². The van der Waals surface area contributed by atoms with Crippen LogP contribution in [0.2, 0.25) is 0 Å². The highest BCUT2D eigenvalue weighted by Crippen LogP contribution is 2.26. The largest absolute Gasteiger partial charge is 0.494 e. The molecule has 0 aliphatic heterocycles. The van der Waals surface area contributed by atoms with Crippen LogP contribution in [-0.2, 0) is 14.8 Å². The first-order chi connectivity index (χ1) is 16.2. The molecule has 0 aromatic heterocycles. The summed E-state index contributed by atoms with van der Waals surface area (Å²) in [6.07, 6.45) is 0. The number of hydrogen-bond acceptors (Lipinski definition) is 5. The van der Waals surface area contributed by atoms with Gasteiger partial charge in [-0.1, -0.05) is 45.8 Å². The minimum atomic E-state index is -4.01. The fraction of sp³-hybridized carbons (Fsp3) is 0.200. The van der Waals surface area contributed by atoms with Crippen molar-refractivity contribution in [2.45, 2.75) is 25.7 Å². The molecular formula is C25H26BrN3O4S. The molecule has 0 aliphatic rings. The molecule has 0 saturated heterocycles. The molecule has 7 nitrogen and oxygen atoms in total. The quantitative estimate of drug-likeness (QED) is 0.307. The molecule has 0 radical (unpaired) electrons. The Morgan fingerprint density at radius 3 is 2.35 bits per heavy atom. The lowest BCUT2D eigenvalue weighted by atomic mass is 10.1. The summed E-state index contributed by atoms with van der Waals surface area (Å²) in [4.78, 5) is 12.9. The zero-order chi connectivity index (χ0) is 24.7. The molecule has 0 fully saturated rings. The van der Waals surface area contributed by atoms with E-state index < -0.39 is 22.5 Å². The van der Waals surface area contributed by atoms with Crippen molar-refractivity contribution >= 4 is 43.3 Å². The van der Waals surface area contributed by atoms with Crippen LogP contribution in [0.25, 0.3) is 0 Å². The number of aryl methyl sites for hydroxylation is 1. The van der Waals surface area contributed by atoms with Crippen molar-refractivity contribution < 1.29 is 17.9 Å². The van der Waals surface area contributed by atoms with E-state index in [1.165, 1.54) is 12.1 Å². The van der Waals surface area contributed by atoms with Crippen molar-refractivity contribution in [3.63, 3.8) is 0 Å². The summed E-state index contributed by atoms with van der Waals surface area (Å²) in [5, 5.41) is 4.14. The summed E-state index contributed by atoms with van der Waals surface area (Å²) in [5.74, 6) is 0.0385. The Morgan fingerprint density at radius 1 is 1.06 bits per heavy atom. The van der Waals surface area contributed by atoms with E-state index in [1.807, 2.05) is 38.1 Å². The molecule has 9 heteroatoms. The number of carbonyl (C=O) groups excluding carboxylic acids is 1. The van der Waals surface area contributed by atoms with Gasteiger partial charge < -0.3 is 4.74 Å². The van der Waals surface area contributed by atoms with E-state index >= 15 is 0 Å². The molecule has 178 valence electrons. The van der Waals surface area contributed by atoms with E-state index in [-0.39, 0.29) is 4.90 Å². The van der Waals surface area contributed by atoms with Gasteiger partial charge in [0, 0.05) is 4.47 Å². The number of hydrazone groups is 1. The fourth-order valence-electron chi connectivity index (χ4n) is 3.12. The number of rotatable bonds is 9. The average Bonchev–Trinajstić information content (AvgIpc) is 2.82. The number of benzene rings is 3. The van der Waals surface area contributed by atoms with Gasteiger partial charge in [0.15, 0.2) is 0 Å². The summed E-state index contributed by atoms with van der Waals surface area (Å²) in [7, 11) is -4.01. The summed E-state index contributed by atoms with van der Waals surface area (Å²) in [6.45, 7) is 5.54. The Balaban J connectivity index is 1.88. The van der Waals surface area contributed by atoms with E-state index in [4.69, 9.17) is 4.74 Å². The standard InChI is InChI=1S/C25H26BrN3O4S/c1-4-33-23-12-10-22(11-13-23)29(34(31,32)24-14-8-18(2)9-15-24)17-25(30)28-27-19(3)20-6-5-7-21(26)16-20/h5-16H,4,17H2,1-3H3,(H,28,30)/b27-19-. The predicted octanol–water partition coefficient (Wildman–Crippen LogP) is 4.89. The van der Waals surface area contributed by atoms with Crippen LogP contribution >= 0.6 is 15.9 Å². The molecular weight excluding hydrogens is 518 g/mol. The molecule has 0 bridgehead atoms. The third-order valence-corrected chi connectivity index (χ3v) is 7.20. The van der Waals surface area contributed by atoms with Gasteiger partial charge in [-0.3, -0.25) is 9.10 Å². The van der Waals surface area contributed by atoms with Gasteiger partial charge in [-0.05, 0) is 74.9 Å². The predicted molar refractivity (Wildman–Crippen MR) is 138 cm³/mol. The molecule has 0 heterocycles. The highest BCUT2D eigenvalue weighted by atomic mass is 79.9. The number of sulfonamides is 1. The van der Waals surface area contributed by atoms with Crippen LogP contribution in [0.5, 0.6) is 5.75 Å². The van der Waals surface area contributed by atoms with Crippen molar-refractivity contribution in [2.24, 2.45) is 5.10 Å². The lowest BCUT2D eigenvalue weighted by Gasteiger charge is -2.24. The van der Waals surface area contributed by atoms with Crippen molar-refractivity contribution in [3.8, 4) is 5.75 Å². The first-order valence-corrected chi connectivity index (χ1v) is 12.9. The van der Waals surface area contributed by atoms with Gasteiger partial charge >= 0.3 is 0 Å². The Kier molecular flexibility index (Phi) is 8.46. The minimum Gasteiger partial charge on any atom is -0.494 e. The lowest BCUT2D eigenvalue weighted by Crippen LogP contribution is -2.39. The van der Waals surface area contributed by atoms with Gasteiger partial charge in [0.1, 0.15) is 12.3 Å². The lowest BCUT2D eigenvalue weighted by molar-refractivity contribution is -0.119. The van der Waals surface area contributed by atoms with Crippen molar-refractivity contribution in [3.05, 3.63) is 88.4 Å². The summed E-state index contributed by atoms with van der Waals surface area (Å²) in [6, 6.07) is 20.5. The Hall–Kier alpha value is -3.17. The van der Waals surface area contributed by atoms with Crippen molar-refractivity contribution in [2.75, 3.05) is 17.5 Å². The van der Waals surface area contributed by atoms with Gasteiger partial charge in [-0.15, -0.1) is 0 Å². The number of nitrogens with zero attached hydrogens (tertiary/aromatic N) is 2. The number of nitrogens with one attached hydrogen (secondary N) is 1. The number of carbonyl (C=O) groups is 1. The smallest absolute Gasteiger partial charge is 0.264 e. The van der Waals surface area contributed by atoms with Gasteiger partial charge in [-0.2, -0.15) is 5.10 Å². The van der Waals surface area contributed by atoms with Crippen LogP contribution < -0.4 is 14.5 Å². The molecule has 0 spiro atoms. The van der Waals surface area contributed by atoms with E-state index in [0.29, 0.717) is 23.8 Å². The minimum absolute atomic E-state index is 0.0913. The SMILES string of the molecule is CCOc1ccc(N(CC(=O)N/N=C(/C)c2cccc(Br)c2)S(=O)(=O)c2ccc(C)cc2)cc1. The van der Waals surface area contributed by atoms with Crippen molar-refractivity contribution in [1.29, 1.82) is 0 Å². The van der Waals surface area contributed by atoms with Crippen molar-refractivity contribution in [1.82, 2.24) is 5.43 Å². The second-order valence-electron chi connectivity index (χ2n) is 7.49. The normalized spacial score (nSPS) is 11.7. The van der Waals surface area contributed by atoms with Crippen LogP contribution in [0, 0.1) is 6.92 Å². The maximum Gasteiger partial charge on any atom is 0.264 e. The Morgan fingerprint density at radius 2 is 1.74 bits per heavy atom.